The lowest BCUT2D eigenvalue weighted by Gasteiger charge is -2.32. The second-order valence-electron chi connectivity index (χ2n) is 5.51. The van der Waals surface area contributed by atoms with Crippen LogP contribution in [0.3, 0.4) is 0 Å². The maximum atomic E-state index is 12.2. The summed E-state index contributed by atoms with van der Waals surface area (Å²) in [5, 5.41) is 10.6. The topological polar surface area (TPSA) is 119 Å². The Hall–Kier alpha value is -1.71. The average molecular weight is 316 g/mol. The molecule has 0 saturated heterocycles. The summed E-state index contributed by atoms with van der Waals surface area (Å²) in [4.78, 5) is 11.7. The number of nitrogen functional groups attached to an aromatic ring is 1. The molecule has 9 heteroatoms. The normalized spacial score (nSPS) is 12.6. The summed E-state index contributed by atoms with van der Waals surface area (Å²) in [7, 11) is -0.141. The zero-order valence-electron chi connectivity index (χ0n) is 12.5. The van der Waals surface area contributed by atoms with Gasteiger partial charge in [-0.15, -0.1) is 0 Å². The minimum atomic E-state index is -3.82. The first-order valence-electron chi connectivity index (χ1n) is 6.18. The van der Waals surface area contributed by atoms with Crippen LogP contribution in [0.2, 0.25) is 0 Å². The van der Waals surface area contributed by atoms with Crippen LogP contribution in [0, 0.1) is 10.1 Å². The first-order chi connectivity index (χ1) is 9.47. The van der Waals surface area contributed by atoms with Gasteiger partial charge in [-0.2, -0.15) is 0 Å². The van der Waals surface area contributed by atoms with Crippen molar-refractivity contribution in [2.45, 2.75) is 24.3 Å². The van der Waals surface area contributed by atoms with Crippen molar-refractivity contribution < 1.29 is 13.3 Å². The largest absolute Gasteiger partial charge is 0.397 e. The van der Waals surface area contributed by atoms with E-state index in [0.29, 0.717) is 0 Å². The molecule has 0 aromatic heterocycles. The quantitative estimate of drug-likeness (QED) is 0.455. The molecule has 0 aliphatic heterocycles. The molecule has 0 bridgehead atoms. The molecule has 0 atom stereocenters. The van der Waals surface area contributed by atoms with Gasteiger partial charge in [0.15, 0.2) is 0 Å². The first-order valence-corrected chi connectivity index (χ1v) is 7.67. The summed E-state index contributed by atoms with van der Waals surface area (Å²) in [5.41, 5.74) is 4.82. The standard InChI is InChI=1S/C12H20N4O4S/c1-12(2,15(3)4)8-14-21(19,20)11-6-5-9(16(17)18)7-10(11)13/h5-7,14H,8,13H2,1-4H3. The summed E-state index contributed by atoms with van der Waals surface area (Å²) in [6.45, 7) is 3.95. The number of rotatable bonds is 6. The van der Waals surface area contributed by atoms with E-state index in [0.717, 1.165) is 18.2 Å². The van der Waals surface area contributed by atoms with Gasteiger partial charge in [0.05, 0.1) is 10.6 Å². The van der Waals surface area contributed by atoms with Crippen molar-refractivity contribution in [3.63, 3.8) is 0 Å². The van der Waals surface area contributed by atoms with Gasteiger partial charge in [0.1, 0.15) is 4.90 Å². The Morgan fingerprint density at radius 2 is 1.95 bits per heavy atom. The molecule has 0 radical (unpaired) electrons. The number of hydrogen-bond donors (Lipinski definition) is 2. The molecule has 0 heterocycles. The fraction of sp³-hybridized carbons (Fsp3) is 0.500. The Balaban J connectivity index is 3.02. The highest BCUT2D eigenvalue weighted by molar-refractivity contribution is 7.89. The van der Waals surface area contributed by atoms with Crippen molar-refractivity contribution in [2.24, 2.45) is 0 Å². The number of non-ortho nitro benzene ring substituents is 1. The van der Waals surface area contributed by atoms with Gasteiger partial charge in [0.25, 0.3) is 5.69 Å². The number of sulfonamides is 1. The van der Waals surface area contributed by atoms with Crippen LogP contribution in [0.1, 0.15) is 13.8 Å². The molecular formula is C12H20N4O4S. The molecule has 1 rings (SSSR count). The van der Waals surface area contributed by atoms with Crippen LogP contribution < -0.4 is 10.5 Å². The van der Waals surface area contributed by atoms with E-state index < -0.39 is 14.9 Å². The molecule has 0 amide bonds. The van der Waals surface area contributed by atoms with E-state index in [4.69, 9.17) is 5.73 Å². The molecule has 118 valence electrons. The summed E-state index contributed by atoms with van der Waals surface area (Å²) < 4.78 is 26.9. The van der Waals surface area contributed by atoms with E-state index >= 15 is 0 Å². The Bertz CT molecular complexity index is 641. The van der Waals surface area contributed by atoms with Gasteiger partial charge in [-0.1, -0.05) is 0 Å². The van der Waals surface area contributed by atoms with Crippen LogP contribution in [-0.4, -0.2) is 44.4 Å². The molecular weight excluding hydrogens is 296 g/mol. The molecule has 0 unspecified atom stereocenters. The molecule has 0 spiro atoms. The highest BCUT2D eigenvalue weighted by Gasteiger charge is 2.25. The third kappa shape index (κ3) is 4.13. The van der Waals surface area contributed by atoms with Crippen LogP contribution in [0.5, 0.6) is 0 Å². The fourth-order valence-electron chi connectivity index (χ4n) is 1.40. The number of nitro groups is 1. The highest BCUT2D eigenvalue weighted by atomic mass is 32.2. The van der Waals surface area contributed by atoms with Gasteiger partial charge < -0.3 is 10.6 Å². The number of benzene rings is 1. The molecule has 0 aliphatic carbocycles. The van der Waals surface area contributed by atoms with Crippen molar-refractivity contribution in [3.05, 3.63) is 28.3 Å². The number of nitrogens with two attached hydrogens (primary N) is 1. The van der Waals surface area contributed by atoms with Crippen molar-refractivity contribution >= 4 is 21.4 Å². The second-order valence-corrected chi connectivity index (χ2v) is 7.25. The molecule has 3 N–H and O–H groups in total. The molecule has 0 saturated carbocycles. The lowest BCUT2D eigenvalue weighted by atomic mass is 10.1. The van der Waals surface area contributed by atoms with Crippen LogP contribution in [0.25, 0.3) is 0 Å². The predicted molar refractivity (Wildman–Crippen MR) is 80.5 cm³/mol. The summed E-state index contributed by atoms with van der Waals surface area (Å²) in [6, 6.07) is 3.28. The zero-order chi connectivity index (χ0) is 16.4. The van der Waals surface area contributed by atoms with Crippen LogP contribution in [0.4, 0.5) is 11.4 Å². The zero-order valence-corrected chi connectivity index (χ0v) is 13.3. The Kier molecular flexibility index (Phi) is 4.92. The number of likely N-dealkylation sites (N-methyl/N-ethyl adjacent to an activating group) is 1. The SMILES string of the molecule is CN(C)C(C)(C)CNS(=O)(=O)c1ccc([N+](=O)[O-])cc1N. The van der Waals surface area contributed by atoms with Crippen molar-refractivity contribution in [3.8, 4) is 0 Å². The van der Waals surface area contributed by atoms with E-state index in [1.807, 2.05) is 32.8 Å². The van der Waals surface area contributed by atoms with Gasteiger partial charge in [-0.3, -0.25) is 10.1 Å². The van der Waals surface area contributed by atoms with Gasteiger partial charge in [-0.05, 0) is 34.0 Å². The van der Waals surface area contributed by atoms with Crippen LogP contribution in [-0.2, 0) is 10.0 Å². The van der Waals surface area contributed by atoms with E-state index in [-0.39, 0.29) is 28.4 Å². The number of nitrogens with zero attached hydrogens (tertiary/aromatic N) is 2. The minimum Gasteiger partial charge on any atom is -0.397 e. The van der Waals surface area contributed by atoms with Gasteiger partial charge in [-0.25, -0.2) is 13.1 Å². The summed E-state index contributed by atoms with van der Waals surface area (Å²) in [6.07, 6.45) is 0. The Labute approximate surface area is 124 Å². The number of nitro benzene ring substituents is 1. The van der Waals surface area contributed by atoms with Gasteiger partial charge in [0.2, 0.25) is 10.0 Å². The molecule has 0 fully saturated rings. The molecule has 21 heavy (non-hydrogen) atoms. The van der Waals surface area contributed by atoms with Crippen molar-refractivity contribution in [1.29, 1.82) is 0 Å². The van der Waals surface area contributed by atoms with E-state index in [1.54, 1.807) is 0 Å². The fourth-order valence-corrected chi connectivity index (χ4v) is 2.72. The Morgan fingerprint density at radius 1 is 1.38 bits per heavy atom. The van der Waals surface area contributed by atoms with Gasteiger partial charge in [0, 0.05) is 24.2 Å². The third-order valence-electron chi connectivity index (χ3n) is 3.40. The Morgan fingerprint density at radius 3 is 2.38 bits per heavy atom. The number of hydrogen-bond acceptors (Lipinski definition) is 6. The summed E-state index contributed by atoms with van der Waals surface area (Å²) in [5.74, 6) is 0. The average Bonchev–Trinajstić information content (AvgIpc) is 2.36. The second kappa shape index (κ2) is 5.96. The maximum Gasteiger partial charge on any atom is 0.271 e. The van der Waals surface area contributed by atoms with E-state index in [2.05, 4.69) is 4.72 Å². The molecule has 8 nitrogen and oxygen atoms in total. The predicted octanol–water partition coefficient (Wildman–Crippen LogP) is 0.796. The number of nitrogens with one attached hydrogen (secondary N) is 1. The van der Waals surface area contributed by atoms with E-state index in [1.165, 1.54) is 0 Å². The van der Waals surface area contributed by atoms with Crippen molar-refractivity contribution in [2.75, 3.05) is 26.4 Å². The van der Waals surface area contributed by atoms with Crippen molar-refractivity contribution in [1.82, 2.24) is 9.62 Å². The van der Waals surface area contributed by atoms with Gasteiger partial charge >= 0.3 is 0 Å². The molecule has 0 aliphatic rings. The first kappa shape index (κ1) is 17.3. The highest BCUT2D eigenvalue weighted by Crippen LogP contribution is 2.24. The molecule has 1 aromatic carbocycles. The van der Waals surface area contributed by atoms with E-state index in [9.17, 15) is 18.5 Å². The number of anilines is 1. The smallest absolute Gasteiger partial charge is 0.271 e. The monoisotopic (exact) mass is 316 g/mol. The van der Waals surface area contributed by atoms with Crippen LogP contribution >= 0.6 is 0 Å². The maximum absolute atomic E-state index is 12.2. The molecule has 1 aromatic rings. The lowest BCUT2D eigenvalue weighted by Crippen LogP contribution is -2.48. The summed E-state index contributed by atoms with van der Waals surface area (Å²) >= 11 is 0. The minimum absolute atomic E-state index is 0.153. The van der Waals surface area contributed by atoms with Crippen LogP contribution in [0.15, 0.2) is 23.1 Å². The third-order valence-corrected chi connectivity index (χ3v) is 4.87. The lowest BCUT2D eigenvalue weighted by molar-refractivity contribution is -0.384.